The summed E-state index contributed by atoms with van der Waals surface area (Å²) >= 11 is 0. The highest BCUT2D eigenvalue weighted by Crippen LogP contribution is 2.21. The van der Waals surface area contributed by atoms with E-state index in [1.54, 1.807) is 65.4 Å². The molecular formula is C48H62N18O9. The smallest absolute Gasteiger partial charge is 0.292 e. The highest BCUT2D eigenvalue weighted by Gasteiger charge is 2.24. The summed E-state index contributed by atoms with van der Waals surface area (Å²) in [5.74, 6) is -4.17. The van der Waals surface area contributed by atoms with Gasteiger partial charge in [0, 0.05) is 119 Å². The van der Waals surface area contributed by atoms with E-state index in [2.05, 4.69) is 57.8 Å². The molecular weight excluding hydrogens is 973 g/mol. The lowest BCUT2D eigenvalue weighted by Gasteiger charge is -2.17. The summed E-state index contributed by atoms with van der Waals surface area (Å²) < 4.78 is 9.00. The van der Waals surface area contributed by atoms with Crippen molar-refractivity contribution in [2.24, 2.45) is 42.3 Å². The first kappa shape index (κ1) is 55.1. The van der Waals surface area contributed by atoms with Gasteiger partial charge in [-0.1, -0.05) is 0 Å². The predicted molar refractivity (Wildman–Crippen MR) is 276 cm³/mol. The second-order valence-electron chi connectivity index (χ2n) is 17.9. The van der Waals surface area contributed by atoms with Gasteiger partial charge in [-0.05, 0) is 57.7 Å². The SMILES string of the molecule is CC(=O)N[C@H](CCNC(=O)c1cc(NC(=O)c2nc(NC(=O)c3nccn3C)cn2C)cn1C)C(=O)Nc1cc(C(=O)Nc2cc(C(=O)Nc3cc(C(=O)NCCC(=O)NCCCN(C)C)n(C)c3)n(C)c2)n(C)c1. The molecule has 0 aromatic carbocycles. The van der Waals surface area contributed by atoms with Crippen LogP contribution in [-0.2, 0) is 56.7 Å². The van der Waals surface area contributed by atoms with Crippen LogP contribution in [0.15, 0.2) is 67.6 Å². The molecule has 0 saturated heterocycles. The standard InChI is InChI=1S/C48H62N18O9/c1-28(67)53-33(11-14-51-43(70)35-20-32(26-63(35)6)57-48(75)41-58-38(27-66(41)9)59-47(74)40-50-16-18-61(40)4)42(69)54-29-21-36(64(7)23-29)45(72)56-31-22-37(65(8)25-31)46(73)55-30-19-34(62(5)24-30)44(71)52-15-12-39(68)49-13-10-17-60(2)3/h16,18-27,33H,10-15,17H2,1-9H3,(H,49,68)(H,51,70)(H,52,71)(H,53,67)(H,54,69)(H,55,73)(H,56,72)(H,57,75)(H,59,74)/t33-/m1/s1. The average molecular weight is 1040 g/mol. The molecule has 0 aliphatic carbocycles. The fraction of sp³-hybridized carbons (Fsp3) is 0.354. The maximum absolute atomic E-state index is 13.5. The molecule has 75 heavy (non-hydrogen) atoms. The minimum atomic E-state index is -1.10. The number of aryl methyl sites for hydroxylation is 6. The van der Waals surface area contributed by atoms with E-state index in [1.165, 1.54) is 78.8 Å². The van der Waals surface area contributed by atoms with Crippen molar-refractivity contribution < 1.29 is 43.2 Å². The first-order valence-corrected chi connectivity index (χ1v) is 23.5. The molecule has 398 valence electrons. The van der Waals surface area contributed by atoms with E-state index in [-0.39, 0.29) is 83.5 Å². The summed E-state index contributed by atoms with van der Waals surface area (Å²) in [7, 11) is 13.6. The Hall–Kier alpha value is -9.27. The summed E-state index contributed by atoms with van der Waals surface area (Å²) in [6.07, 6.45) is 11.6. The Bertz CT molecular complexity index is 3130. The summed E-state index contributed by atoms with van der Waals surface area (Å²) in [5, 5.41) is 24.4. The van der Waals surface area contributed by atoms with Gasteiger partial charge in [0.2, 0.25) is 23.5 Å². The maximum Gasteiger partial charge on any atom is 0.292 e. The lowest BCUT2D eigenvalue weighted by atomic mass is 10.1. The van der Waals surface area contributed by atoms with Crippen molar-refractivity contribution in [2.45, 2.75) is 32.2 Å². The van der Waals surface area contributed by atoms with Crippen LogP contribution in [0.5, 0.6) is 0 Å². The molecule has 0 saturated carbocycles. The normalized spacial score (nSPS) is 11.4. The fourth-order valence-electron chi connectivity index (χ4n) is 7.76. The topological polar surface area (TPSA) is 320 Å². The predicted octanol–water partition coefficient (Wildman–Crippen LogP) is 0.968. The molecule has 0 aliphatic heterocycles. The Labute approximate surface area is 430 Å². The van der Waals surface area contributed by atoms with Gasteiger partial charge >= 0.3 is 0 Å². The van der Waals surface area contributed by atoms with E-state index in [9.17, 15) is 43.2 Å². The molecule has 0 unspecified atom stereocenters. The van der Waals surface area contributed by atoms with Gasteiger partial charge < -0.3 is 80.2 Å². The van der Waals surface area contributed by atoms with Crippen LogP contribution >= 0.6 is 0 Å². The highest BCUT2D eigenvalue weighted by molar-refractivity contribution is 6.08. The molecule has 0 fully saturated rings. The summed E-state index contributed by atoms with van der Waals surface area (Å²) in [5.41, 5.74) is 1.93. The van der Waals surface area contributed by atoms with Gasteiger partial charge in [0.15, 0.2) is 11.6 Å². The summed E-state index contributed by atoms with van der Waals surface area (Å²) in [4.78, 5) is 127. The Balaban J connectivity index is 0.974. The van der Waals surface area contributed by atoms with Gasteiger partial charge in [0.1, 0.15) is 28.8 Å². The van der Waals surface area contributed by atoms with Crippen molar-refractivity contribution in [1.82, 2.24) is 63.5 Å². The number of amides is 9. The molecule has 6 aromatic rings. The molecule has 9 amide bonds. The molecule has 0 spiro atoms. The molecule has 1 atom stereocenters. The first-order valence-electron chi connectivity index (χ1n) is 23.5. The molecule has 0 bridgehead atoms. The number of nitrogens with zero attached hydrogens (tertiary/aromatic N) is 9. The first-order chi connectivity index (χ1) is 35.6. The fourth-order valence-corrected chi connectivity index (χ4v) is 7.76. The van der Waals surface area contributed by atoms with Crippen molar-refractivity contribution in [3.8, 4) is 0 Å². The lowest BCUT2D eigenvalue weighted by Crippen LogP contribution is -2.45. The number of hydrogen-bond acceptors (Lipinski definition) is 12. The summed E-state index contributed by atoms with van der Waals surface area (Å²) in [6, 6.07) is 4.76. The molecule has 9 N–H and O–H groups in total. The van der Waals surface area contributed by atoms with E-state index >= 15 is 0 Å². The second kappa shape index (κ2) is 24.4. The van der Waals surface area contributed by atoms with Gasteiger partial charge in [0.05, 0.1) is 22.7 Å². The molecule has 27 heteroatoms. The quantitative estimate of drug-likeness (QED) is 0.0406. The number of carbonyl (C=O) groups excluding carboxylic acids is 9. The van der Waals surface area contributed by atoms with E-state index in [1.807, 2.05) is 19.0 Å². The third kappa shape index (κ3) is 14.7. The van der Waals surface area contributed by atoms with Crippen LogP contribution < -0.4 is 47.9 Å². The number of nitrogens with one attached hydrogen (secondary N) is 9. The van der Waals surface area contributed by atoms with Crippen LogP contribution in [0.4, 0.5) is 28.6 Å². The molecule has 0 aliphatic rings. The Kier molecular flexibility index (Phi) is 17.9. The van der Waals surface area contributed by atoms with E-state index in [0.29, 0.717) is 17.9 Å². The Morgan fingerprint density at radius 3 is 1.51 bits per heavy atom. The molecule has 6 aromatic heterocycles. The van der Waals surface area contributed by atoms with Crippen LogP contribution in [0.3, 0.4) is 0 Å². The zero-order chi connectivity index (χ0) is 54.7. The number of anilines is 5. The Morgan fingerprint density at radius 2 is 1.01 bits per heavy atom. The molecule has 6 heterocycles. The van der Waals surface area contributed by atoms with Crippen molar-refractivity contribution in [1.29, 1.82) is 0 Å². The third-order valence-corrected chi connectivity index (χ3v) is 11.5. The molecule has 0 radical (unpaired) electrons. The largest absolute Gasteiger partial charge is 0.356 e. The number of rotatable bonds is 23. The molecule has 6 rings (SSSR count). The van der Waals surface area contributed by atoms with Crippen molar-refractivity contribution >= 4 is 81.7 Å². The molecule has 27 nitrogen and oxygen atoms in total. The number of hydrogen-bond donors (Lipinski definition) is 9. The zero-order valence-corrected chi connectivity index (χ0v) is 43.1. The Morgan fingerprint density at radius 1 is 0.533 bits per heavy atom. The maximum atomic E-state index is 13.5. The highest BCUT2D eigenvalue weighted by atomic mass is 16.2. The number of imidazole rings is 2. The zero-order valence-electron chi connectivity index (χ0n) is 43.1. The van der Waals surface area contributed by atoms with Crippen LogP contribution in [-0.4, -0.2) is 142 Å². The van der Waals surface area contributed by atoms with Crippen LogP contribution in [0.25, 0.3) is 0 Å². The van der Waals surface area contributed by atoms with Crippen LogP contribution in [0.2, 0.25) is 0 Å². The monoisotopic (exact) mass is 1030 g/mol. The third-order valence-electron chi connectivity index (χ3n) is 11.5. The van der Waals surface area contributed by atoms with E-state index in [4.69, 9.17) is 0 Å². The van der Waals surface area contributed by atoms with Gasteiger partial charge in [0.25, 0.3) is 35.4 Å². The van der Waals surface area contributed by atoms with Crippen molar-refractivity contribution in [3.63, 3.8) is 0 Å². The minimum absolute atomic E-state index is 0.0180. The summed E-state index contributed by atoms with van der Waals surface area (Å²) in [6.45, 7) is 2.71. The van der Waals surface area contributed by atoms with Crippen molar-refractivity contribution in [2.75, 3.05) is 66.9 Å². The van der Waals surface area contributed by atoms with E-state index in [0.717, 1.165) is 13.0 Å². The van der Waals surface area contributed by atoms with Crippen molar-refractivity contribution in [3.05, 3.63) is 102 Å². The van der Waals surface area contributed by atoms with Crippen LogP contribution in [0.1, 0.15) is 89.4 Å². The number of carbonyl (C=O) groups is 9. The van der Waals surface area contributed by atoms with Gasteiger partial charge in [-0.2, -0.15) is 0 Å². The van der Waals surface area contributed by atoms with Gasteiger partial charge in [-0.15, -0.1) is 0 Å². The minimum Gasteiger partial charge on any atom is -0.356 e. The van der Waals surface area contributed by atoms with E-state index < -0.39 is 53.3 Å². The lowest BCUT2D eigenvalue weighted by molar-refractivity contribution is -0.125. The number of aromatic nitrogens is 8. The van der Waals surface area contributed by atoms with Gasteiger partial charge in [-0.25, -0.2) is 9.97 Å². The van der Waals surface area contributed by atoms with Crippen LogP contribution in [0, 0.1) is 0 Å². The second-order valence-corrected chi connectivity index (χ2v) is 17.9. The van der Waals surface area contributed by atoms with Gasteiger partial charge in [-0.3, -0.25) is 43.2 Å². The average Bonchev–Trinajstić information content (AvgIpc) is 4.21.